The van der Waals surface area contributed by atoms with Crippen molar-refractivity contribution in [1.29, 1.82) is 0 Å². The maximum atomic E-state index is 11.6. The van der Waals surface area contributed by atoms with E-state index in [9.17, 15) is 24.8 Å². The van der Waals surface area contributed by atoms with Crippen molar-refractivity contribution in [2.24, 2.45) is 0 Å². The quantitative estimate of drug-likeness (QED) is 0.447. The van der Waals surface area contributed by atoms with Gasteiger partial charge in [-0.2, -0.15) is 0 Å². The number of phenols is 1. The highest BCUT2D eigenvalue weighted by molar-refractivity contribution is 6.01. The number of carbonyl (C=O) groups excluding carboxylic acids is 2. The largest absolute Gasteiger partial charge is 0.502 e. The van der Waals surface area contributed by atoms with Crippen LogP contribution in [0.15, 0.2) is 18.2 Å². The molecular formula is C10H10N2O6. The first kappa shape index (κ1) is 13.6. The van der Waals surface area contributed by atoms with E-state index in [-0.39, 0.29) is 5.56 Å². The van der Waals surface area contributed by atoms with Gasteiger partial charge in [0.25, 0.3) is 0 Å². The molecule has 0 radical (unpaired) electrons. The lowest BCUT2D eigenvalue weighted by molar-refractivity contribution is -0.385. The van der Waals surface area contributed by atoms with Crippen molar-refractivity contribution >= 4 is 17.4 Å². The molecule has 18 heavy (non-hydrogen) atoms. The Kier molecular flexibility index (Phi) is 4.33. The number of nitro groups is 1. The summed E-state index contributed by atoms with van der Waals surface area (Å²) in [5, 5.41) is 20.1. The van der Waals surface area contributed by atoms with Gasteiger partial charge in [-0.25, -0.2) is 0 Å². The number of nitrogens with zero attached hydrogens (tertiary/aromatic N) is 1. The number of hydroxylamine groups is 1. The zero-order valence-corrected chi connectivity index (χ0v) is 9.37. The Morgan fingerprint density at radius 1 is 1.50 bits per heavy atom. The summed E-state index contributed by atoms with van der Waals surface area (Å²) in [5.74, 6) is -1.99. The van der Waals surface area contributed by atoms with Gasteiger partial charge < -0.3 is 9.94 Å². The molecule has 0 heterocycles. The normalized spacial score (nSPS) is 9.83. The number of para-hydroxylation sites is 1. The summed E-state index contributed by atoms with van der Waals surface area (Å²) < 4.78 is 0. The average molecular weight is 254 g/mol. The fourth-order valence-corrected chi connectivity index (χ4v) is 1.20. The first-order valence-electron chi connectivity index (χ1n) is 4.83. The predicted molar refractivity (Wildman–Crippen MR) is 58.9 cm³/mol. The van der Waals surface area contributed by atoms with Crippen LogP contribution in [0.2, 0.25) is 0 Å². The number of Topliss-reactive ketones (excluding diaryl/α,β-unsaturated/α-hetero) is 1. The van der Waals surface area contributed by atoms with E-state index in [0.29, 0.717) is 0 Å². The molecule has 0 bridgehead atoms. The van der Waals surface area contributed by atoms with Gasteiger partial charge in [0.2, 0.25) is 5.75 Å². The molecule has 1 aromatic carbocycles. The van der Waals surface area contributed by atoms with E-state index in [1.165, 1.54) is 12.1 Å². The number of ketones is 1. The van der Waals surface area contributed by atoms with Crippen LogP contribution < -0.4 is 5.48 Å². The van der Waals surface area contributed by atoms with Crippen LogP contribution in [0.25, 0.3) is 0 Å². The van der Waals surface area contributed by atoms with Gasteiger partial charge in [-0.1, -0.05) is 6.07 Å². The molecule has 0 amide bonds. The highest BCUT2D eigenvalue weighted by Gasteiger charge is 2.20. The Hall–Kier alpha value is -2.48. The molecule has 1 rings (SSSR count). The Balaban J connectivity index is 2.83. The summed E-state index contributed by atoms with van der Waals surface area (Å²) in [6, 6.07) is 3.59. The van der Waals surface area contributed by atoms with Crippen LogP contribution in [-0.2, 0) is 9.63 Å². The zero-order chi connectivity index (χ0) is 13.7. The van der Waals surface area contributed by atoms with E-state index in [1.54, 1.807) is 0 Å². The number of benzene rings is 1. The van der Waals surface area contributed by atoms with Crippen LogP contribution in [-0.4, -0.2) is 28.3 Å². The predicted octanol–water partition coefficient (Wildman–Crippen LogP) is 0.551. The molecule has 0 spiro atoms. The molecule has 8 heteroatoms. The lowest BCUT2D eigenvalue weighted by atomic mass is 10.1. The summed E-state index contributed by atoms with van der Waals surface area (Å²) in [4.78, 5) is 36.1. The second-order valence-electron chi connectivity index (χ2n) is 3.27. The summed E-state index contributed by atoms with van der Waals surface area (Å²) in [5.41, 5.74) is 1.30. The van der Waals surface area contributed by atoms with E-state index in [2.05, 4.69) is 10.3 Å². The lowest BCUT2D eigenvalue weighted by Gasteiger charge is -2.05. The van der Waals surface area contributed by atoms with Gasteiger partial charge >= 0.3 is 11.7 Å². The zero-order valence-electron chi connectivity index (χ0n) is 9.37. The minimum absolute atomic E-state index is 0.219. The van der Waals surface area contributed by atoms with Crippen molar-refractivity contribution in [3.05, 3.63) is 33.9 Å². The van der Waals surface area contributed by atoms with Crippen molar-refractivity contribution in [2.75, 3.05) is 6.54 Å². The maximum Gasteiger partial charge on any atom is 0.321 e. The van der Waals surface area contributed by atoms with Gasteiger partial charge in [0, 0.05) is 13.0 Å². The molecule has 0 unspecified atom stereocenters. The fraction of sp³-hybridized carbons (Fsp3) is 0.200. The number of carbonyl (C=O) groups is 2. The van der Waals surface area contributed by atoms with E-state index in [0.717, 1.165) is 13.0 Å². The van der Waals surface area contributed by atoms with Crippen LogP contribution in [0.5, 0.6) is 5.75 Å². The Morgan fingerprint density at radius 2 is 2.17 bits per heavy atom. The van der Waals surface area contributed by atoms with Gasteiger partial charge in [-0.15, -0.1) is 5.48 Å². The lowest BCUT2D eigenvalue weighted by Crippen LogP contribution is -2.25. The second-order valence-corrected chi connectivity index (χ2v) is 3.27. The molecule has 0 saturated carbocycles. The number of hydrogen-bond donors (Lipinski definition) is 2. The van der Waals surface area contributed by atoms with Crippen LogP contribution in [0.3, 0.4) is 0 Å². The number of rotatable bonds is 5. The van der Waals surface area contributed by atoms with Crippen molar-refractivity contribution in [3.63, 3.8) is 0 Å². The number of nitro benzene ring substituents is 1. The van der Waals surface area contributed by atoms with Crippen LogP contribution in [0, 0.1) is 10.1 Å². The molecule has 0 saturated heterocycles. The topological polar surface area (TPSA) is 119 Å². The molecule has 0 aliphatic rings. The smallest absolute Gasteiger partial charge is 0.321 e. The monoisotopic (exact) mass is 254 g/mol. The molecule has 0 aliphatic carbocycles. The van der Waals surface area contributed by atoms with Gasteiger partial charge in [0.15, 0.2) is 5.78 Å². The Labute approximate surface area is 101 Å². The third-order valence-corrected chi connectivity index (χ3v) is 1.96. The molecule has 0 aromatic heterocycles. The minimum atomic E-state index is -0.800. The molecule has 0 aliphatic heterocycles. The standard InChI is InChI=1S/C10H10N2O6/c1-6(13)18-11-5-9(14)7-3-2-4-8(10(7)15)12(16)17/h2-4,11,15H,5H2,1H3. The van der Waals surface area contributed by atoms with E-state index >= 15 is 0 Å². The molecule has 2 N–H and O–H groups in total. The summed E-state index contributed by atoms with van der Waals surface area (Å²) in [6.45, 7) is 0.747. The summed E-state index contributed by atoms with van der Waals surface area (Å²) >= 11 is 0. The van der Waals surface area contributed by atoms with Crippen molar-refractivity contribution < 1.29 is 24.5 Å². The van der Waals surface area contributed by atoms with Crippen LogP contribution >= 0.6 is 0 Å². The molecule has 96 valence electrons. The van der Waals surface area contributed by atoms with Gasteiger partial charge in [-0.3, -0.25) is 19.7 Å². The Bertz CT molecular complexity index is 499. The van der Waals surface area contributed by atoms with Crippen LogP contribution in [0.4, 0.5) is 5.69 Å². The summed E-state index contributed by atoms with van der Waals surface area (Å²) in [7, 11) is 0. The Morgan fingerprint density at radius 3 is 2.72 bits per heavy atom. The van der Waals surface area contributed by atoms with Crippen molar-refractivity contribution in [2.45, 2.75) is 6.92 Å². The average Bonchev–Trinajstić information content (AvgIpc) is 2.28. The summed E-state index contributed by atoms with van der Waals surface area (Å²) in [6.07, 6.45) is 0. The minimum Gasteiger partial charge on any atom is -0.502 e. The van der Waals surface area contributed by atoms with Crippen molar-refractivity contribution in [1.82, 2.24) is 5.48 Å². The van der Waals surface area contributed by atoms with Gasteiger partial charge in [-0.05, 0) is 6.07 Å². The van der Waals surface area contributed by atoms with Gasteiger partial charge in [0.05, 0.1) is 17.0 Å². The van der Waals surface area contributed by atoms with Crippen molar-refractivity contribution in [3.8, 4) is 5.75 Å². The van der Waals surface area contributed by atoms with E-state index in [4.69, 9.17) is 0 Å². The second kappa shape index (κ2) is 5.73. The first-order valence-corrected chi connectivity index (χ1v) is 4.83. The molecule has 8 nitrogen and oxygen atoms in total. The maximum absolute atomic E-state index is 11.6. The van der Waals surface area contributed by atoms with Gasteiger partial charge in [0.1, 0.15) is 0 Å². The number of aromatic hydroxyl groups is 1. The first-order chi connectivity index (χ1) is 8.43. The molecular weight excluding hydrogens is 244 g/mol. The highest BCUT2D eigenvalue weighted by Crippen LogP contribution is 2.29. The molecule has 1 aromatic rings. The molecule has 0 fully saturated rings. The van der Waals surface area contributed by atoms with E-state index < -0.39 is 34.7 Å². The van der Waals surface area contributed by atoms with E-state index in [1.807, 2.05) is 0 Å². The fourth-order valence-electron chi connectivity index (χ4n) is 1.20. The third-order valence-electron chi connectivity index (χ3n) is 1.96. The number of nitrogens with one attached hydrogen (secondary N) is 1. The number of hydrogen-bond acceptors (Lipinski definition) is 7. The third kappa shape index (κ3) is 3.25. The highest BCUT2D eigenvalue weighted by atomic mass is 16.7. The SMILES string of the molecule is CC(=O)ONCC(=O)c1cccc([N+](=O)[O-])c1O. The number of phenolic OH excluding ortho intramolecular Hbond substituents is 1. The van der Waals surface area contributed by atoms with Crippen LogP contribution in [0.1, 0.15) is 17.3 Å². The molecule has 0 atom stereocenters.